The smallest absolute Gasteiger partial charge is 0.225 e. The molecule has 1 saturated heterocycles. The number of halogens is 1. The van der Waals surface area contributed by atoms with Gasteiger partial charge in [-0.15, -0.1) is 0 Å². The Morgan fingerprint density at radius 1 is 1.41 bits per heavy atom. The van der Waals surface area contributed by atoms with Crippen molar-refractivity contribution in [1.29, 1.82) is 0 Å². The van der Waals surface area contributed by atoms with Gasteiger partial charge in [0.1, 0.15) is 0 Å². The molecule has 0 aliphatic carbocycles. The molecule has 1 unspecified atom stereocenters. The van der Waals surface area contributed by atoms with E-state index in [0.29, 0.717) is 23.7 Å². The maximum atomic E-state index is 12.0. The van der Waals surface area contributed by atoms with Crippen LogP contribution in [0.3, 0.4) is 0 Å². The average Bonchev–Trinajstić information content (AvgIpc) is 2.97. The molecule has 6 heteroatoms. The van der Waals surface area contributed by atoms with Gasteiger partial charge in [-0.05, 0) is 37.6 Å². The highest BCUT2D eigenvalue weighted by molar-refractivity contribution is 6.31. The largest absolute Gasteiger partial charge is 0.359 e. The third-order valence-corrected chi connectivity index (χ3v) is 4.41. The van der Waals surface area contributed by atoms with Crippen molar-refractivity contribution < 1.29 is 9.59 Å². The molecule has 0 radical (unpaired) electrons. The SMILES string of the molecule is CNC(=O)C1CCN(CCC(=O)Nc2ccc(C)c(Cl)c2)C1. The fourth-order valence-electron chi connectivity index (χ4n) is 2.61. The summed E-state index contributed by atoms with van der Waals surface area (Å²) in [5.41, 5.74) is 1.70. The van der Waals surface area contributed by atoms with Gasteiger partial charge in [-0.1, -0.05) is 17.7 Å². The molecule has 1 fully saturated rings. The van der Waals surface area contributed by atoms with Crippen molar-refractivity contribution >= 4 is 29.1 Å². The zero-order chi connectivity index (χ0) is 16.1. The highest BCUT2D eigenvalue weighted by Crippen LogP contribution is 2.20. The van der Waals surface area contributed by atoms with E-state index in [0.717, 1.165) is 25.1 Å². The summed E-state index contributed by atoms with van der Waals surface area (Å²) in [5, 5.41) is 6.17. The molecule has 0 spiro atoms. The Balaban J connectivity index is 1.76. The third kappa shape index (κ3) is 4.45. The van der Waals surface area contributed by atoms with Crippen LogP contribution in [-0.4, -0.2) is 43.4 Å². The summed E-state index contributed by atoms with van der Waals surface area (Å²) in [6.07, 6.45) is 1.26. The minimum absolute atomic E-state index is 0.0386. The summed E-state index contributed by atoms with van der Waals surface area (Å²) in [4.78, 5) is 25.7. The van der Waals surface area contributed by atoms with Crippen LogP contribution in [0.15, 0.2) is 18.2 Å². The van der Waals surface area contributed by atoms with Crippen LogP contribution >= 0.6 is 11.6 Å². The van der Waals surface area contributed by atoms with Crippen molar-refractivity contribution in [3.63, 3.8) is 0 Å². The Bertz CT molecular complexity index is 562. The van der Waals surface area contributed by atoms with Gasteiger partial charge >= 0.3 is 0 Å². The molecule has 0 bridgehead atoms. The first-order chi connectivity index (χ1) is 10.5. The summed E-state index contributed by atoms with van der Waals surface area (Å²) in [5.74, 6) is 0.0912. The first kappa shape index (κ1) is 16.8. The average molecular weight is 324 g/mol. The predicted molar refractivity (Wildman–Crippen MR) is 88.0 cm³/mol. The fraction of sp³-hybridized carbons (Fsp3) is 0.500. The van der Waals surface area contributed by atoms with Crippen LogP contribution in [0.5, 0.6) is 0 Å². The second kappa shape index (κ2) is 7.61. The van der Waals surface area contributed by atoms with E-state index in [1.165, 1.54) is 0 Å². The maximum Gasteiger partial charge on any atom is 0.225 e. The standard InChI is InChI=1S/C16H22ClN3O2/c1-11-3-4-13(9-14(11)17)19-15(21)6-8-20-7-5-12(10-20)16(22)18-2/h3-4,9,12H,5-8,10H2,1-2H3,(H,18,22)(H,19,21). The number of rotatable bonds is 5. The predicted octanol–water partition coefficient (Wildman–Crippen LogP) is 2.04. The van der Waals surface area contributed by atoms with Gasteiger partial charge in [-0.2, -0.15) is 0 Å². The van der Waals surface area contributed by atoms with Crippen molar-refractivity contribution in [1.82, 2.24) is 10.2 Å². The Hall–Kier alpha value is -1.59. The molecule has 1 aromatic carbocycles. The van der Waals surface area contributed by atoms with Crippen molar-refractivity contribution in [2.75, 3.05) is 32.0 Å². The van der Waals surface area contributed by atoms with Crippen LogP contribution in [0, 0.1) is 12.8 Å². The monoisotopic (exact) mass is 323 g/mol. The van der Waals surface area contributed by atoms with E-state index in [-0.39, 0.29) is 17.7 Å². The van der Waals surface area contributed by atoms with E-state index in [1.807, 2.05) is 19.1 Å². The van der Waals surface area contributed by atoms with E-state index in [1.54, 1.807) is 13.1 Å². The first-order valence-electron chi connectivity index (χ1n) is 7.49. The van der Waals surface area contributed by atoms with E-state index >= 15 is 0 Å². The van der Waals surface area contributed by atoms with Gasteiger partial charge in [0.25, 0.3) is 0 Å². The Morgan fingerprint density at radius 2 is 2.18 bits per heavy atom. The molecule has 0 aromatic heterocycles. The normalized spacial score (nSPS) is 18.2. The van der Waals surface area contributed by atoms with Crippen LogP contribution in [0.1, 0.15) is 18.4 Å². The van der Waals surface area contributed by atoms with E-state index < -0.39 is 0 Å². The molecule has 1 aliphatic heterocycles. The first-order valence-corrected chi connectivity index (χ1v) is 7.87. The van der Waals surface area contributed by atoms with Crippen molar-refractivity contribution in [2.24, 2.45) is 5.92 Å². The van der Waals surface area contributed by atoms with Gasteiger partial charge < -0.3 is 15.5 Å². The number of benzene rings is 1. The quantitative estimate of drug-likeness (QED) is 0.871. The number of carbonyl (C=O) groups excluding carboxylic acids is 2. The highest BCUT2D eigenvalue weighted by atomic mass is 35.5. The van der Waals surface area contributed by atoms with Crippen molar-refractivity contribution in [3.05, 3.63) is 28.8 Å². The molecule has 1 atom stereocenters. The number of hydrogen-bond acceptors (Lipinski definition) is 3. The van der Waals surface area contributed by atoms with Gasteiger partial charge in [0.15, 0.2) is 0 Å². The maximum absolute atomic E-state index is 12.0. The molecule has 1 aromatic rings. The number of aryl methyl sites for hydroxylation is 1. The highest BCUT2D eigenvalue weighted by Gasteiger charge is 2.27. The fourth-order valence-corrected chi connectivity index (χ4v) is 2.79. The number of hydrogen-bond donors (Lipinski definition) is 2. The number of carbonyl (C=O) groups is 2. The number of nitrogens with zero attached hydrogens (tertiary/aromatic N) is 1. The number of nitrogens with one attached hydrogen (secondary N) is 2. The second-order valence-corrected chi connectivity index (χ2v) is 6.07. The lowest BCUT2D eigenvalue weighted by Gasteiger charge is -2.15. The summed E-state index contributed by atoms with van der Waals surface area (Å²) in [6, 6.07) is 5.48. The molecule has 1 aliphatic rings. The molecule has 1 heterocycles. The second-order valence-electron chi connectivity index (χ2n) is 5.66. The van der Waals surface area contributed by atoms with Crippen LogP contribution in [-0.2, 0) is 9.59 Å². The van der Waals surface area contributed by atoms with Gasteiger partial charge in [-0.25, -0.2) is 0 Å². The molecule has 120 valence electrons. The summed E-state index contributed by atoms with van der Waals surface area (Å²) < 4.78 is 0. The molecule has 0 saturated carbocycles. The number of anilines is 1. The molecule has 2 rings (SSSR count). The lowest BCUT2D eigenvalue weighted by Crippen LogP contribution is -2.31. The van der Waals surface area contributed by atoms with Crippen molar-refractivity contribution in [3.8, 4) is 0 Å². The molecular weight excluding hydrogens is 302 g/mol. The molecular formula is C16H22ClN3O2. The van der Waals surface area contributed by atoms with E-state index in [9.17, 15) is 9.59 Å². The summed E-state index contributed by atoms with van der Waals surface area (Å²) >= 11 is 6.04. The summed E-state index contributed by atoms with van der Waals surface area (Å²) in [6.45, 7) is 4.17. The topological polar surface area (TPSA) is 61.4 Å². The third-order valence-electron chi connectivity index (χ3n) is 4.00. The molecule has 2 N–H and O–H groups in total. The zero-order valence-corrected chi connectivity index (χ0v) is 13.7. The zero-order valence-electron chi connectivity index (χ0n) is 13.0. The minimum Gasteiger partial charge on any atom is -0.359 e. The minimum atomic E-state index is -0.0386. The van der Waals surface area contributed by atoms with Gasteiger partial charge in [-0.3, -0.25) is 9.59 Å². The molecule has 2 amide bonds. The molecule has 22 heavy (non-hydrogen) atoms. The Labute approximate surface area is 136 Å². The van der Waals surface area contributed by atoms with E-state index in [2.05, 4.69) is 15.5 Å². The Kier molecular flexibility index (Phi) is 5.80. The van der Waals surface area contributed by atoms with Crippen molar-refractivity contribution in [2.45, 2.75) is 19.8 Å². The summed E-state index contributed by atoms with van der Waals surface area (Å²) in [7, 11) is 1.66. The van der Waals surface area contributed by atoms with Crippen LogP contribution in [0.4, 0.5) is 5.69 Å². The lowest BCUT2D eigenvalue weighted by molar-refractivity contribution is -0.124. The van der Waals surface area contributed by atoms with Crippen LogP contribution in [0.25, 0.3) is 0 Å². The van der Waals surface area contributed by atoms with Crippen LogP contribution in [0.2, 0.25) is 5.02 Å². The van der Waals surface area contributed by atoms with E-state index in [4.69, 9.17) is 11.6 Å². The molecule has 5 nitrogen and oxygen atoms in total. The van der Waals surface area contributed by atoms with Crippen LogP contribution < -0.4 is 10.6 Å². The Morgan fingerprint density at radius 3 is 2.86 bits per heavy atom. The number of likely N-dealkylation sites (tertiary alicyclic amines) is 1. The lowest BCUT2D eigenvalue weighted by atomic mass is 10.1. The number of amides is 2. The van der Waals surface area contributed by atoms with Gasteiger partial charge in [0.05, 0.1) is 5.92 Å². The van der Waals surface area contributed by atoms with Gasteiger partial charge in [0.2, 0.25) is 11.8 Å². The van der Waals surface area contributed by atoms with Gasteiger partial charge in [0, 0.05) is 37.3 Å².